The quantitative estimate of drug-likeness (QED) is 0.912. The number of rotatable bonds is 4. The number of carbonyl (C=O) groups is 2. The van der Waals surface area contributed by atoms with E-state index in [1.165, 1.54) is 19.1 Å². The van der Waals surface area contributed by atoms with Crippen molar-refractivity contribution in [1.29, 1.82) is 0 Å². The van der Waals surface area contributed by atoms with E-state index in [4.69, 9.17) is 0 Å². The summed E-state index contributed by atoms with van der Waals surface area (Å²) >= 11 is 0. The highest BCUT2D eigenvalue weighted by molar-refractivity contribution is 6.05. The first kappa shape index (κ1) is 15.7. The van der Waals surface area contributed by atoms with E-state index in [2.05, 4.69) is 15.7 Å². The average Bonchev–Trinajstić information content (AvgIpc) is 2.88. The Morgan fingerprint density at radius 1 is 1.23 bits per heavy atom. The molecule has 22 heavy (non-hydrogen) atoms. The van der Waals surface area contributed by atoms with Gasteiger partial charge in [0.05, 0.1) is 11.8 Å². The molecular formula is C15H17FN4O2. The van der Waals surface area contributed by atoms with Crippen molar-refractivity contribution in [3.63, 3.8) is 0 Å². The fourth-order valence-electron chi connectivity index (χ4n) is 1.99. The van der Waals surface area contributed by atoms with Crippen molar-refractivity contribution in [2.45, 2.75) is 26.8 Å². The lowest BCUT2D eigenvalue weighted by atomic mass is 10.1. The zero-order valence-corrected chi connectivity index (χ0v) is 12.6. The molecule has 2 aromatic rings. The third kappa shape index (κ3) is 3.49. The van der Waals surface area contributed by atoms with Crippen LogP contribution in [0.3, 0.4) is 0 Å². The molecule has 2 rings (SSSR count). The molecule has 1 aromatic heterocycles. The maximum Gasteiger partial charge on any atom is 0.259 e. The number of anilines is 2. The Labute approximate surface area is 127 Å². The lowest BCUT2D eigenvalue weighted by Crippen LogP contribution is -2.18. The minimum Gasteiger partial charge on any atom is -0.326 e. The van der Waals surface area contributed by atoms with E-state index in [9.17, 15) is 14.0 Å². The Morgan fingerprint density at radius 2 is 1.95 bits per heavy atom. The summed E-state index contributed by atoms with van der Waals surface area (Å²) in [6, 6.07) is 5.52. The summed E-state index contributed by atoms with van der Waals surface area (Å²) in [6.45, 7) is 5.17. The van der Waals surface area contributed by atoms with Crippen LogP contribution in [-0.2, 0) is 4.79 Å². The smallest absolute Gasteiger partial charge is 0.259 e. The first-order valence-electron chi connectivity index (χ1n) is 6.80. The third-order valence-corrected chi connectivity index (χ3v) is 2.93. The van der Waals surface area contributed by atoms with Crippen LogP contribution >= 0.6 is 0 Å². The molecule has 0 saturated heterocycles. The van der Waals surface area contributed by atoms with Crippen molar-refractivity contribution in [1.82, 2.24) is 9.78 Å². The predicted molar refractivity (Wildman–Crippen MR) is 81.3 cm³/mol. The van der Waals surface area contributed by atoms with Crippen LogP contribution < -0.4 is 10.6 Å². The van der Waals surface area contributed by atoms with Crippen LogP contribution in [0, 0.1) is 5.82 Å². The molecule has 6 nitrogen and oxygen atoms in total. The summed E-state index contributed by atoms with van der Waals surface area (Å²) in [6.07, 6.45) is 1.56. The van der Waals surface area contributed by atoms with E-state index in [1.54, 1.807) is 16.9 Å². The lowest BCUT2D eigenvalue weighted by molar-refractivity contribution is -0.114. The van der Waals surface area contributed by atoms with Gasteiger partial charge in [0.15, 0.2) is 0 Å². The highest BCUT2D eigenvalue weighted by Crippen LogP contribution is 2.18. The molecular weight excluding hydrogens is 287 g/mol. The highest BCUT2D eigenvalue weighted by Gasteiger charge is 2.16. The molecule has 0 unspecified atom stereocenters. The average molecular weight is 304 g/mol. The monoisotopic (exact) mass is 304 g/mol. The summed E-state index contributed by atoms with van der Waals surface area (Å²) in [5, 5.41) is 9.22. The number of nitrogens with one attached hydrogen (secondary N) is 2. The molecule has 7 heteroatoms. The second-order valence-corrected chi connectivity index (χ2v) is 5.08. The largest absolute Gasteiger partial charge is 0.326 e. The first-order valence-corrected chi connectivity index (χ1v) is 6.80. The summed E-state index contributed by atoms with van der Waals surface area (Å²) in [5.41, 5.74) is 0.208. The van der Waals surface area contributed by atoms with Crippen molar-refractivity contribution in [3.8, 4) is 0 Å². The van der Waals surface area contributed by atoms with Gasteiger partial charge in [-0.15, -0.1) is 0 Å². The van der Waals surface area contributed by atoms with Crippen LogP contribution in [-0.4, -0.2) is 21.6 Å². The van der Waals surface area contributed by atoms with Crippen molar-refractivity contribution in [2.24, 2.45) is 0 Å². The third-order valence-electron chi connectivity index (χ3n) is 2.93. The molecule has 0 saturated carbocycles. The van der Waals surface area contributed by atoms with Gasteiger partial charge in [0, 0.05) is 24.7 Å². The van der Waals surface area contributed by atoms with E-state index in [0.29, 0.717) is 11.5 Å². The normalized spacial score (nSPS) is 10.6. The standard InChI is InChI=1S/C15H17FN4O2/c1-9(2)20-14(6-7-17-20)19-15(22)12-8-11(18-10(3)21)4-5-13(12)16/h4-9H,1-3H3,(H,18,21)(H,19,22). The number of benzene rings is 1. The topological polar surface area (TPSA) is 76.0 Å². The van der Waals surface area contributed by atoms with Crippen molar-refractivity contribution >= 4 is 23.3 Å². The Bertz CT molecular complexity index is 709. The number of halogens is 1. The zero-order chi connectivity index (χ0) is 16.3. The van der Waals surface area contributed by atoms with E-state index in [1.807, 2.05) is 13.8 Å². The molecule has 1 aromatic carbocycles. The molecule has 0 atom stereocenters. The van der Waals surface area contributed by atoms with Crippen LogP contribution in [0.15, 0.2) is 30.5 Å². The Balaban J connectivity index is 2.25. The molecule has 0 bridgehead atoms. The van der Waals surface area contributed by atoms with Crippen molar-refractivity contribution in [3.05, 3.63) is 41.8 Å². The maximum atomic E-state index is 13.8. The molecule has 1 heterocycles. The van der Waals surface area contributed by atoms with E-state index >= 15 is 0 Å². The zero-order valence-electron chi connectivity index (χ0n) is 12.6. The van der Waals surface area contributed by atoms with Gasteiger partial charge < -0.3 is 10.6 Å². The van der Waals surface area contributed by atoms with Gasteiger partial charge in [0.1, 0.15) is 11.6 Å². The summed E-state index contributed by atoms with van der Waals surface area (Å²) < 4.78 is 15.5. The van der Waals surface area contributed by atoms with Gasteiger partial charge in [-0.25, -0.2) is 9.07 Å². The number of hydrogen-bond donors (Lipinski definition) is 2. The van der Waals surface area contributed by atoms with E-state index in [-0.39, 0.29) is 17.5 Å². The summed E-state index contributed by atoms with van der Waals surface area (Å²) in [5.74, 6) is -1.09. The second-order valence-electron chi connectivity index (χ2n) is 5.08. The number of carbonyl (C=O) groups excluding carboxylic acids is 2. The van der Waals surface area contributed by atoms with E-state index in [0.717, 1.165) is 6.07 Å². The first-order chi connectivity index (χ1) is 10.4. The van der Waals surface area contributed by atoms with Crippen LogP contribution in [0.1, 0.15) is 37.2 Å². The van der Waals surface area contributed by atoms with Crippen LogP contribution in [0.25, 0.3) is 0 Å². The van der Waals surface area contributed by atoms with Crippen LogP contribution in [0.2, 0.25) is 0 Å². The molecule has 0 spiro atoms. The van der Waals surface area contributed by atoms with Crippen LogP contribution in [0.5, 0.6) is 0 Å². The molecule has 0 radical (unpaired) electrons. The van der Waals surface area contributed by atoms with E-state index < -0.39 is 11.7 Å². The van der Waals surface area contributed by atoms with Gasteiger partial charge in [-0.2, -0.15) is 5.10 Å². The van der Waals surface area contributed by atoms with Gasteiger partial charge in [-0.1, -0.05) is 0 Å². The Hall–Kier alpha value is -2.70. The lowest BCUT2D eigenvalue weighted by Gasteiger charge is -2.12. The maximum absolute atomic E-state index is 13.8. The number of nitrogens with zero attached hydrogens (tertiary/aromatic N) is 2. The molecule has 0 aliphatic carbocycles. The molecule has 0 fully saturated rings. The van der Waals surface area contributed by atoms with Gasteiger partial charge in [-0.3, -0.25) is 9.59 Å². The fraction of sp³-hybridized carbons (Fsp3) is 0.267. The molecule has 0 aliphatic heterocycles. The molecule has 116 valence electrons. The van der Waals surface area contributed by atoms with Gasteiger partial charge in [0.25, 0.3) is 5.91 Å². The second kappa shape index (κ2) is 6.38. The van der Waals surface area contributed by atoms with Gasteiger partial charge in [0.2, 0.25) is 5.91 Å². The van der Waals surface area contributed by atoms with Crippen LogP contribution in [0.4, 0.5) is 15.9 Å². The van der Waals surface area contributed by atoms with Gasteiger partial charge >= 0.3 is 0 Å². The van der Waals surface area contributed by atoms with Gasteiger partial charge in [-0.05, 0) is 32.0 Å². The Kier molecular flexibility index (Phi) is 4.55. The summed E-state index contributed by atoms with van der Waals surface area (Å²) in [7, 11) is 0. The number of amides is 2. The summed E-state index contributed by atoms with van der Waals surface area (Å²) in [4.78, 5) is 23.3. The minimum atomic E-state index is -0.665. The number of hydrogen-bond acceptors (Lipinski definition) is 3. The predicted octanol–water partition coefficient (Wildman–Crippen LogP) is 2.81. The molecule has 2 amide bonds. The number of aromatic nitrogens is 2. The SMILES string of the molecule is CC(=O)Nc1ccc(F)c(C(=O)Nc2ccnn2C(C)C)c1. The van der Waals surface area contributed by atoms with Crippen molar-refractivity contribution < 1.29 is 14.0 Å². The highest BCUT2D eigenvalue weighted by atomic mass is 19.1. The molecule has 0 aliphatic rings. The fourth-order valence-corrected chi connectivity index (χ4v) is 1.99. The minimum absolute atomic E-state index is 0.0564. The Morgan fingerprint density at radius 3 is 2.59 bits per heavy atom. The molecule has 2 N–H and O–H groups in total. The van der Waals surface area contributed by atoms with Crippen molar-refractivity contribution in [2.75, 3.05) is 10.6 Å².